The number of rotatable bonds is 2. The van der Waals surface area contributed by atoms with E-state index in [-0.39, 0.29) is 0 Å². The predicted molar refractivity (Wildman–Crippen MR) is 78.3 cm³/mol. The second-order valence-corrected chi connectivity index (χ2v) is 6.03. The van der Waals surface area contributed by atoms with E-state index in [4.69, 9.17) is 0 Å². The lowest BCUT2D eigenvalue weighted by atomic mass is 9.58. The molecule has 0 radical (unpaired) electrons. The van der Waals surface area contributed by atoms with Gasteiger partial charge in [-0.1, -0.05) is 67.9 Å². The summed E-state index contributed by atoms with van der Waals surface area (Å²) in [5, 5.41) is 0. The van der Waals surface area contributed by atoms with Crippen molar-refractivity contribution in [1.29, 1.82) is 0 Å². The zero-order valence-electron chi connectivity index (χ0n) is 11.2. The molecule has 0 spiro atoms. The summed E-state index contributed by atoms with van der Waals surface area (Å²) in [6.45, 7) is 0. The molecule has 3 aliphatic rings. The van der Waals surface area contributed by atoms with Gasteiger partial charge in [-0.25, -0.2) is 0 Å². The maximum atomic E-state index is 2.47. The van der Waals surface area contributed by atoms with Crippen LogP contribution in [0.2, 0.25) is 0 Å². The Morgan fingerprint density at radius 1 is 0.611 bits per heavy atom. The Hall–Kier alpha value is -1.04. The van der Waals surface area contributed by atoms with Gasteiger partial charge in [0.05, 0.1) is 0 Å². The van der Waals surface area contributed by atoms with Crippen molar-refractivity contribution in [3.05, 3.63) is 48.6 Å². The molecule has 0 nitrogen and oxygen atoms in total. The second kappa shape index (κ2) is 5.30. The van der Waals surface area contributed by atoms with Crippen molar-refractivity contribution in [3.63, 3.8) is 0 Å². The third kappa shape index (κ3) is 2.13. The Kier molecular flexibility index (Phi) is 3.54. The van der Waals surface area contributed by atoms with Gasteiger partial charge in [0.2, 0.25) is 0 Å². The summed E-state index contributed by atoms with van der Waals surface area (Å²) in [6, 6.07) is 0. The first-order chi connectivity index (χ1) is 8.92. The van der Waals surface area contributed by atoms with E-state index in [9.17, 15) is 0 Å². The first-order valence-corrected chi connectivity index (χ1v) is 7.58. The number of hydrogen-bond acceptors (Lipinski definition) is 0. The van der Waals surface area contributed by atoms with Crippen LogP contribution >= 0.6 is 0 Å². The van der Waals surface area contributed by atoms with Gasteiger partial charge in [0, 0.05) is 11.8 Å². The van der Waals surface area contributed by atoms with Crippen molar-refractivity contribution >= 4 is 0 Å². The SMILES string of the molecule is C1=CC(C2(C3C=CCC=C3)CCCCC2)C=CC1. The largest absolute Gasteiger partial charge is 0.0841 e. The van der Waals surface area contributed by atoms with E-state index in [2.05, 4.69) is 48.6 Å². The predicted octanol–water partition coefficient (Wildman–Crippen LogP) is 5.20. The van der Waals surface area contributed by atoms with Crippen molar-refractivity contribution in [2.24, 2.45) is 17.3 Å². The van der Waals surface area contributed by atoms with Crippen LogP contribution in [-0.4, -0.2) is 0 Å². The van der Waals surface area contributed by atoms with E-state index >= 15 is 0 Å². The summed E-state index contributed by atoms with van der Waals surface area (Å²) >= 11 is 0. The summed E-state index contributed by atoms with van der Waals surface area (Å²) in [7, 11) is 0. The molecular weight excluding hydrogens is 216 g/mol. The molecular formula is C18H24. The molecule has 0 heterocycles. The maximum Gasteiger partial charge on any atom is 0.00119 e. The molecule has 0 aromatic rings. The molecule has 3 rings (SSSR count). The molecule has 0 amide bonds. The highest BCUT2D eigenvalue weighted by atomic mass is 14.5. The van der Waals surface area contributed by atoms with Crippen LogP contribution in [0.15, 0.2) is 48.6 Å². The van der Waals surface area contributed by atoms with Crippen LogP contribution in [0.25, 0.3) is 0 Å². The lowest BCUT2D eigenvalue weighted by Gasteiger charge is -2.46. The first kappa shape index (κ1) is 12.0. The van der Waals surface area contributed by atoms with Gasteiger partial charge < -0.3 is 0 Å². The van der Waals surface area contributed by atoms with Gasteiger partial charge in [0.15, 0.2) is 0 Å². The normalized spacial score (nSPS) is 27.8. The van der Waals surface area contributed by atoms with Crippen LogP contribution in [0.1, 0.15) is 44.9 Å². The zero-order chi connectivity index (χ0) is 12.3. The van der Waals surface area contributed by atoms with Crippen molar-refractivity contribution in [2.75, 3.05) is 0 Å². The highest BCUT2D eigenvalue weighted by Gasteiger charge is 2.42. The Labute approximate surface area is 111 Å². The third-order valence-electron chi connectivity index (χ3n) is 5.03. The molecule has 0 aromatic carbocycles. The van der Waals surface area contributed by atoms with E-state index in [1.165, 1.54) is 32.1 Å². The van der Waals surface area contributed by atoms with E-state index < -0.39 is 0 Å². The van der Waals surface area contributed by atoms with E-state index in [0.717, 1.165) is 12.8 Å². The summed E-state index contributed by atoms with van der Waals surface area (Å²) in [5.41, 5.74) is 0.471. The summed E-state index contributed by atoms with van der Waals surface area (Å²) < 4.78 is 0. The van der Waals surface area contributed by atoms with Crippen LogP contribution in [0, 0.1) is 17.3 Å². The summed E-state index contributed by atoms with van der Waals surface area (Å²) in [4.78, 5) is 0. The minimum atomic E-state index is 0.471. The molecule has 0 aliphatic heterocycles. The molecule has 0 atom stereocenters. The minimum Gasteiger partial charge on any atom is -0.0841 e. The molecule has 0 unspecified atom stereocenters. The van der Waals surface area contributed by atoms with E-state index in [1.807, 2.05) is 0 Å². The molecule has 0 heteroatoms. The molecule has 96 valence electrons. The molecule has 0 aromatic heterocycles. The highest BCUT2D eigenvalue weighted by Crippen LogP contribution is 2.51. The molecule has 0 saturated heterocycles. The van der Waals surface area contributed by atoms with Crippen LogP contribution in [-0.2, 0) is 0 Å². The van der Waals surface area contributed by atoms with Gasteiger partial charge in [-0.3, -0.25) is 0 Å². The number of hydrogen-bond donors (Lipinski definition) is 0. The van der Waals surface area contributed by atoms with Crippen molar-refractivity contribution in [2.45, 2.75) is 44.9 Å². The van der Waals surface area contributed by atoms with Crippen LogP contribution in [0.4, 0.5) is 0 Å². The zero-order valence-corrected chi connectivity index (χ0v) is 11.2. The second-order valence-electron chi connectivity index (χ2n) is 6.03. The van der Waals surface area contributed by atoms with Gasteiger partial charge >= 0.3 is 0 Å². The molecule has 1 saturated carbocycles. The summed E-state index contributed by atoms with van der Waals surface area (Å²) in [6.07, 6.45) is 28.6. The van der Waals surface area contributed by atoms with E-state index in [0.29, 0.717) is 17.3 Å². The fourth-order valence-electron chi connectivity index (χ4n) is 4.05. The average Bonchev–Trinajstić information content (AvgIpc) is 2.50. The van der Waals surface area contributed by atoms with Gasteiger partial charge in [0.1, 0.15) is 0 Å². The molecule has 1 fully saturated rings. The highest BCUT2D eigenvalue weighted by molar-refractivity contribution is 5.22. The Morgan fingerprint density at radius 3 is 1.50 bits per heavy atom. The van der Waals surface area contributed by atoms with Gasteiger partial charge in [-0.05, 0) is 31.1 Å². The lowest BCUT2D eigenvalue weighted by molar-refractivity contribution is 0.113. The Balaban J connectivity index is 1.91. The van der Waals surface area contributed by atoms with E-state index in [1.54, 1.807) is 0 Å². The molecule has 0 N–H and O–H groups in total. The first-order valence-electron chi connectivity index (χ1n) is 7.58. The van der Waals surface area contributed by atoms with Crippen molar-refractivity contribution < 1.29 is 0 Å². The van der Waals surface area contributed by atoms with Crippen LogP contribution < -0.4 is 0 Å². The smallest absolute Gasteiger partial charge is 0.00119 e. The lowest BCUT2D eigenvalue weighted by Crippen LogP contribution is -2.38. The molecule has 0 bridgehead atoms. The van der Waals surface area contributed by atoms with Gasteiger partial charge in [-0.2, -0.15) is 0 Å². The number of allylic oxidation sites excluding steroid dienone is 8. The maximum absolute atomic E-state index is 2.47. The average molecular weight is 240 g/mol. The summed E-state index contributed by atoms with van der Waals surface area (Å²) in [5.74, 6) is 1.31. The monoisotopic (exact) mass is 240 g/mol. The van der Waals surface area contributed by atoms with Crippen LogP contribution in [0.3, 0.4) is 0 Å². The molecule has 18 heavy (non-hydrogen) atoms. The topological polar surface area (TPSA) is 0 Å². The standard InChI is InChI=1S/C18H24/c1-4-10-16(11-5-1)18(14-8-3-9-15-18)17-12-6-2-7-13-17/h4-7,10-13,16-17H,1-3,8-9,14-15H2. The van der Waals surface area contributed by atoms with Crippen molar-refractivity contribution in [3.8, 4) is 0 Å². The quantitative estimate of drug-likeness (QED) is 0.582. The van der Waals surface area contributed by atoms with Gasteiger partial charge in [0.25, 0.3) is 0 Å². The Morgan fingerprint density at radius 2 is 1.06 bits per heavy atom. The fourth-order valence-corrected chi connectivity index (χ4v) is 4.05. The Bertz CT molecular complexity index is 332. The van der Waals surface area contributed by atoms with Crippen molar-refractivity contribution in [1.82, 2.24) is 0 Å². The third-order valence-corrected chi connectivity index (χ3v) is 5.03. The molecule has 3 aliphatic carbocycles. The fraction of sp³-hybridized carbons (Fsp3) is 0.556. The van der Waals surface area contributed by atoms with Crippen LogP contribution in [0.5, 0.6) is 0 Å². The van der Waals surface area contributed by atoms with Gasteiger partial charge in [-0.15, -0.1) is 0 Å². The minimum absolute atomic E-state index is 0.471.